The Balaban J connectivity index is 2.32. The van der Waals surface area contributed by atoms with E-state index in [1.807, 2.05) is 32.9 Å². The summed E-state index contributed by atoms with van der Waals surface area (Å²) in [6, 6.07) is 15.6. The number of rotatable bonds is 8. The molecule has 0 aromatic heterocycles. The van der Waals surface area contributed by atoms with Crippen LogP contribution in [0.2, 0.25) is 0 Å². The van der Waals surface area contributed by atoms with Crippen molar-refractivity contribution in [2.24, 2.45) is 0 Å². The molecule has 1 N–H and O–H groups in total. The van der Waals surface area contributed by atoms with Gasteiger partial charge in [0.1, 0.15) is 0 Å². The van der Waals surface area contributed by atoms with E-state index in [0.29, 0.717) is 18.5 Å². The summed E-state index contributed by atoms with van der Waals surface area (Å²) in [6.07, 6.45) is 2.82. The fourth-order valence-electron chi connectivity index (χ4n) is 2.81. The molecule has 0 spiro atoms. The van der Waals surface area contributed by atoms with Gasteiger partial charge in [-0.3, -0.25) is 4.79 Å². The van der Waals surface area contributed by atoms with Crippen molar-refractivity contribution in [3.05, 3.63) is 84.0 Å². The van der Waals surface area contributed by atoms with Crippen molar-refractivity contribution in [3.8, 4) is 0 Å². The highest BCUT2D eigenvalue weighted by atomic mass is 32.2. The van der Waals surface area contributed by atoms with Gasteiger partial charge in [0.25, 0.3) is 5.91 Å². The van der Waals surface area contributed by atoms with Gasteiger partial charge in [-0.05, 0) is 57.9 Å². The van der Waals surface area contributed by atoms with Crippen molar-refractivity contribution in [2.75, 3.05) is 5.32 Å². The van der Waals surface area contributed by atoms with E-state index in [-0.39, 0.29) is 10.5 Å². The van der Waals surface area contributed by atoms with Crippen LogP contribution in [0.1, 0.15) is 32.3 Å². The number of carbonyl (C=O) groups excluding carboxylic acids is 1. The molecular formula is C23H27NO3S. The van der Waals surface area contributed by atoms with Crippen LogP contribution in [-0.4, -0.2) is 19.6 Å². The number of carbonyl (C=O) groups is 1. The van der Waals surface area contributed by atoms with E-state index < -0.39 is 21.0 Å². The third-order valence-electron chi connectivity index (χ3n) is 4.42. The minimum atomic E-state index is -3.74. The second-order valence-electron chi connectivity index (χ2n) is 7.05. The molecule has 5 heteroatoms. The van der Waals surface area contributed by atoms with Gasteiger partial charge >= 0.3 is 0 Å². The third kappa shape index (κ3) is 5.67. The molecule has 0 unspecified atom stereocenters. The van der Waals surface area contributed by atoms with Crippen molar-refractivity contribution in [2.45, 2.75) is 43.8 Å². The van der Waals surface area contributed by atoms with Gasteiger partial charge in [0.05, 0.1) is 10.1 Å². The second kappa shape index (κ2) is 9.51. The van der Waals surface area contributed by atoms with Crippen molar-refractivity contribution in [1.29, 1.82) is 0 Å². The van der Waals surface area contributed by atoms with Crippen LogP contribution in [0.25, 0.3) is 0 Å². The molecule has 2 rings (SSSR count). The van der Waals surface area contributed by atoms with Crippen LogP contribution < -0.4 is 5.32 Å². The van der Waals surface area contributed by atoms with Crippen LogP contribution >= 0.6 is 0 Å². The van der Waals surface area contributed by atoms with Gasteiger partial charge in [0.15, 0.2) is 9.84 Å². The van der Waals surface area contributed by atoms with Crippen molar-refractivity contribution >= 4 is 21.4 Å². The van der Waals surface area contributed by atoms with Crippen molar-refractivity contribution < 1.29 is 13.2 Å². The topological polar surface area (TPSA) is 63.2 Å². The molecule has 0 aliphatic carbocycles. The molecule has 4 nitrogen and oxygen atoms in total. The Morgan fingerprint density at radius 1 is 1.07 bits per heavy atom. The molecule has 0 radical (unpaired) electrons. The first-order chi connectivity index (χ1) is 13.2. The number of hydrogen-bond donors (Lipinski definition) is 1. The van der Waals surface area contributed by atoms with Gasteiger partial charge in [-0.25, -0.2) is 8.42 Å². The van der Waals surface area contributed by atoms with Crippen LogP contribution in [-0.2, 0) is 14.6 Å². The summed E-state index contributed by atoms with van der Waals surface area (Å²) in [5, 5.41) is 1.74. The lowest BCUT2D eigenvalue weighted by Crippen LogP contribution is -2.30. The smallest absolute Gasteiger partial charge is 0.252 e. The van der Waals surface area contributed by atoms with E-state index in [9.17, 15) is 13.2 Å². The number of aryl methyl sites for hydroxylation is 1. The molecule has 0 saturated heterocycles. The molecule has 148 valence electrons. The van der Waals surface area contributed by atoms with Crippen molar-refractivity contribution in [1.82, 2.24) is 0 Å². The van der Waals surface area contributed by atoms with Gasteiger partial charge in [-0.2, -0.15) is 0 Å². The van der Waals surface area contributed by atoms with Gasteiger partial charge in [-0.15, -0.1) is 0 Å². The quantitative estimate of drug-likeness (QED) is 0.499. The lowest BCUT2D eigenvalue weighted by atomic mass is 10.1. The fourth-order valence-corrected chi connectivity index (χ4v) is 4.58. The Labute approximate surface area is 167 Å². The molecule has 1 amide bonds. The maximum atomic E-state index is 13.3. The van der Waals surface area contributed by atoms with E-state index >= 15 is 0 Å². The largest absolute Gasteiger partial charge is 0.322 e. The maximum absolute atomic E-state index is 13.3. The molecule has 28 heavy (non-hydrogen) atoms. The standard InChI is InChI=1S/C23H27NO3S/c1-17(2)9-8-12-22(28(26,27)21-15-13-18(3)14-16-21)19(4)23(25)24-20-10-6-5-7-11-20/h5-7,9-11,13-16,22H,4,8,12H2,1-3H3,(H,24,25)/t22-/m0/s1. The molecule has 0 aliphatic heterocycles. The van der Waals surface area contributed by atoms with E-state index in [1.54, 1.807) is 48.5 Å². The minimum absolute atomic E-state index is 0.0478. The highest BCUT2D eigenvalue weighted by molar-refractivity contribution is 7.92. The average molecular weight is 398 g/mol. The van der Waals surface area contributed by atoms with Crippen LogP contribution in [0.15, 0.2) is 83.3 Å². The summed E-state index contributed by atoms with van der Waals surface area (Å²) in [6.45, 7) is 9.66. The molecule has 0 fully saturated rings. The second-order valence-corrected chi connectivity index (χ2v) is 9.18. The Bertz CT molecular complexity index is 955. The molecule has 1 atom stereocenters. The van der Waals surface area contributed by atoms with Gasteiger partial charge < -0.3 is 5.32 Å². The zero-order valence-electron chi connectivity index (χ0n) is 16.6. The van der Waals surface area contributed by atoms with E-state index in [0.717, 1.165) is 11.1 Å². The number of hydrogen-bond acceptors (Lipinski definition) is 3. The SMILES string of the molecule is C=C(C(=O)Nc1ccccc1)[C@H](CCC=C(C)C)S(=O)(=O)c1ccc(C)cc1. The molecule has 0 heterocycles. The molecule has 0 bridgehead atoms. The van der Waals surface area contributed by atoms with Crippen LogP contribution in [0, 0.1) is 6.92 Å². The first-order valence-electron chi connectivity index (χ1n) is 9.21. The zero-order valence-corrected chi connectivity index (χ0v) is 17.4. The van der Waals surface area contributed by atoms with Crippen LogP contribution in [0.4, 0.5) is 5.69 Å². The number of nitrogens with one attached hydrogen (secondary N) is 1. The number of para-hydroxylation sites is 1. The molecular weight excluding hydrogens is 370 g/mol. The van der Waals surface area contributed by atoms with Crippen LogP contribution in [0.5, 0.6) is 0 Å². The van der Waals surface area contributed by atoms with E-state index in [4.69, 9.17) is 0 Å². The highest BCUT2D eigenvalue weighted by Crippen LogP contribution is 2.26. The monoisotopic (exact) mass is 397 g/mol. The third-order valence-corrected chi connectivity index (χ3v) is 6.62. The zero-order chi connectivity index (χ0) is 20.7. The maximum Gasteiger partial charge on any atom is 0.252 e. The number of benzene rings is 2. The van der Waals surface area contributed by atoms with Gasteiger partial charge in [-0.1, -0.05) is 54.1 Å². The normalized spacial score (nSPS) is 12.1. The van der Waals surface area contributed by atoms with Gasteiger partial charge in [0, 0.05) is 11.3 Å². The number of allylic oxidation sites excluding steroid dienone is 2. The minimum Gasteiger partial charge on any atom is -0.322 e. The summed E-state index contributed by atoms with van der Waals surface area (Å²) in [5.41, 5.74) is 2.72. The summed E-state index contributed by atoms with van der Waals surface area (Å²) in [7, 11) is -3.74. The van der Waals surface area contributed by atoms with E-state index in [1.165, 1.54) is 0 Å². The number of sulfone groups is 1. The van der Waals surface area contributed by atoms with Crippen LogP contribution in [0.3, 0.4) is 0 Å². The number of anilines is 1. The Kier molecular flexibility index (Phi) is 7.35. The summed E-state index contributed by atoms with van der Waals surface area (Å²) >= 11 is 0. The molecule has 0 aliphatic rings. The highest BCUT2D eigenvalue weighted by Gasteiger charge is 2.32. The number of amides is 1. The van der Waals surface area contributed by atoms with Gasteiger partial charge in [0.2, 0.25) is 0 Å². The average Bonchev–Trinajstić information content (AvgIpc) is 2.65. The summed E-state index contributed by atoms with van der Waals surface area (Å²) in [5.74, 6) is -0.482. The Hall–Kier alpha value is -2.66. The molecule has 2 aromatic carbocycles. The summed E-state index contributed by atoms with van der Waals surface area (Å²) in [4.78, 5) is 12.9. The molecule has 2 aromatic rings. The summed E-state index contributed by atoms with van der Waals surface area (Å²) < 4.78 is 26.5. The molecule has 0 saturated carbocycles. The predicted octanol–water partition coefficient (Wildman–Crippen LogP) is 5.08. The lowest BCUT2D eigenvalue weighted by Gasteiger charge is -2.20. The van der Waals surface area contributed by atoms with E-state index in [2.05, 4.69) is 11.9 Å². The first kappa shape index (κ1) is 21.6. The predicted molar refractivity (Wildman–Crippen MR) is 115 cm³/mol. The Morgan fingerprint density at radius 3 is 2.25 bits per heavy atom. The first-order valence-corrected chi connectivity index (χ1v) is 10.8. The Morgan fingerprint density at radius 2 is 1.68 bits per heavy atom. The lowest BCUT2D eigenvalue weighted by molar-refractivity contribution is -0.112. The van der Waals surface area contributed by atoms with Crippen molar-refractivity contribution in [3.63, 3.8) is 0 Å². The fraction of sp³-hybridized carbons (Fsp3) is 0.261.